The lowest BCUT2D eigenvalue weighted by molar-refractivity contribution is -0.132. The Hall–Kier alpha value is -8.02. The van der Waals surface area contributed by atoms with Crippen LogP contribution in [0.5, 0.6) is 11.5 Å². The number of amides is 5. The Bertz CT molecular complexity index is 3500. The molecule has 0 saturated carbocycles. The maximum absolute atomic E-state index is 14.8. The van der Waals surface area contributed by atoms with Crippen LogP contribution < -0.4 is 46.1 Å². The quantitative estimate of drug-likeness (QED) is 0.0467. The van der Waals surface area contributed by atoms with Crippen molar-refractivity contribution < 1.29 is 37.4 Å². The molecule has 25 heteroatoms. The van der Waals surface area contributed by atoms with Crippen LogP contribution in [0.3, 0.4) is 0 Å². The molecule has 86 heavy (non-hydrogen) atoms. The smallest absolute Gasteiger partial charge is 0.317 e. The Morgan fingerprint density at radius 1 is 0.837 bits per heavy atom. The number of aryl methyl sites for hydroxylation is 3. The summed E-state index contributed by atoms with van der Waals surface area (Å²) in [6, 6.07) is 8.51. The van der Waals surface area contributed by atoms with Crippen molar-refractivity contribution in [3.63, 3.8) is 0 Å². The second-order valence-electron chi connectivity index (χ2n) is 22.8. The fraction of sp³-hybridized carbons (Fsp3) is 0.525. The molecular weight excluding hydrogens is 1130 g/mol. The number of ether oxygens (including phenoxy) is 2. The highest BCUT2D eigenvalue weighted by Gasteiger charge is 2.36. The molecule has 0 bridgehead atoms. The second kappa shape index (κ2) is 27.6. The van der Waals surface area contributed by atoms with Gasteiger partial charge in [0.2, 0.25) is 17.8 Å². The molecule has 0 atom stereocenters. The first-order valence-electron chi connectivity index (χ1n) is 30.1. The minimum absolute atomic E-state index is 0.0136. The molecule has 2 aromatic carbocycles. The molecule has 0 spiro atoms. The Balaban J connectivity index is 0.634. The van der Waals surface area contributed by atoms with Crippen molar-refractivity contribution in [3.8, 4) is 22.6 Å². The molecule has 8 heterocycles. The summed E-state index contributed by atoms with van der Waals surface area (Å²) in [4.78, 5) is 81.7. The van der Waals surface area contributed by atoms with E-state index in [1.165, 1.54) is 24.9 Å². The van der Waals surface area contributed by atoms with E-state index in [-0.39, 0.29) is 53.6 Å². The number of fused-ring (bicyclic) bond motifs is 3. The van der Waals surface area contributed by atoms with Crippen LogP contribution in [-0.2, 0) is 47.9 Å². The number of halogens is 3. The van der Waals surface area contributed by atoms with Gasteiger partial charge in [0.05, 0.1) is 37.6 Å². The van der Waals surface area contributed by atoms with Gasteiger partial charge in [-0.3, -0.25) is 28.5 Å². The van der Waals surface area contributed by atoms with Crippen LogP contribution >= 0.6 is 11.6 Å². The first-order valence-corrected chi connectivity index (χ1v) is 30.4. The molecule has 460 valence electrons. The second-order valence-corrected chi connectivity index (χ2v) is 23.2. The predicted molar refractivity (Wildman–Crippen MR) is 325 cm³/mol. The Morgan fingerprint density at radius 3 is 2.30 bits per heavy atom. The van der Waals surface area contributed by atoms with Gasteiger partial charge >= 0.3 is 6.03 Å². The van der Waals surface area contributed by atoms with E-state index in [9.17, 15) is 32.8 Å². The average Bonchev–Trinajstić information content (AvgIpc) is 1.56. The number of alkyl halides is 2. The summed E-state index contributed by atoms with van der Waals surface area (Å²) in [5, 5.41) is 22.1. The van der Waals surface area contributed by atoms with Crippen molar-refractivity contribution in [2.24, 2.45) is 20.0 Å². The van der Waals surface area contributed by atoms with E-state index in [4.69, 9.17) is 31.2 Å². The number of piperidine rings is 2. The third-order valence-electron chi connectivity index (χ3n) is 17.2. The number of nitrogens with zero attached hydrogens (tertiary/aromatic N) is 11. The highest BCUT2D eigenvalue weighted by atomic mass is 35.5. The maximum Gasteiger partial charge on any atom is 0.317 e. The minimum atomic E-state index is -2.69. The fourth-order valence-corrected chi connectivity index (χ4v) is 12.6. The summed E-state index contributed by atoms with van der Waals surface area (Å²) < 4.78 is 46.0. The number of urea groups is 1. The minimum Gasteiger partial charge on any atom is -0.494 e. The zero-order valence-electron chi connectivity index (χ0n) is 49.7. The number of likely N-dealkylation sites (tertiary alicyclic amines) is 1. The Kier molecular flexibility index (Phi) is 19.6. The molecule has 10 rings (SSSR count). The monoisotopic (exact) mass is 1210 g/mol. The van der Waals surface area contributed by atoms with Gasteiger partial charge in [-0.1, -0.05) is 43.7 Å². The van der Waals surface area contributed by atoms with Gasteiger partial charge in [0.15, 0.2) is 24.0 Å². The molecule has 6 aromatic rings. The third-order valence-corrected chi connectivity index (χ3v) is 17.5. The van der Waals surface area contributed by atoms with Crippen molar-refractivity contribution in [2.45, 2.75) is 115 Å². The Morgan fingerprint density at radius 2 is 1.59 bits per heavy atom. The number of carbonyl (C=O) groups is 4. The van der Waals surface area contributed by atoms with Crippen LogP contribution in [0.15, 0.2) is 53.7 Å². The molecule has 2 fully saturated rings. The van der Waals surface area contributed by atoms with Gasteiger partial charge < -0.3 is 54.9 Å². The summed E-state index contributed by atoms with van der Waals surface area (Å²) in [6.45, 7) is 4.29. The number of anilines is 5. The summed E-state index contributed by atoms with van der Waals surface area (Å²) >= 11 is 6.59. The van der Waals surface area contributed by atoms with Gasteiger partial charge in [-0.05, 0) is 86.8 Å². The molecule has 4 aliphatic rings. The molecule has 2 saturated heterocycles. The maximum atomic E-state index is 14.8. The van der Waals surface area contributed by atoms with E-state index < -0.39 is 12.0 Å². The van der Waals surface area contributed by atoms with Crippen LogP contribution in [-0.4, -0.2) is 141 Å². The van der Waals surface area contributed by atoms with Crippen molar-refractivity contribution in [3.05, 3.63) is 86.7 Å². The van der Waals surface area contributed by atoms with E-state index in [1.54, 1.807) is 67.4 Å². The van der Waals surface area contributed by atoms with E-state index in [1.807, 2.05) is 15.9 Å². The van der Waals surface area contributed by atoms with Gasteiger partial charge in [0, 0.05) is 144 Å². The molecule has 4 aromatic heterocycles. The molecule has 4 N–H and O–H groups in total. The number of aromatic nitrogens is 7. The fourth-order valence-electron chi connectivity index (χ4n) is 12.5. The van der Waals surface area contributed by atoms with Crippen LogP contribution in [0.1, 0.15) is 118 Å². The molecule has 5 amide bonds. The van der Waals surface area contributed by atoms with E-state index in [2.05, 4.69) is 40.9 Å². The van der Waals surface area contributed by atoms with Crippen LogP contribution in [0.2, 0.25) is 5.02 Å². The largest absolute Gasteiger partial charge is 0.494 e. The van der Waals surface area contributed by atoms with Crippen molar-refractivity contribution in [1.82, 2.24) is 59.8 Å². The molecule has 0 unspecified atom stereocenters. The normalized spacial score (nSPS) is 15.6. The number of hydrogen-bond donors (Lipinski definition) is 4. The van der Waals surface area contributed by atoms with Gasteiger partial charge in [0.1, 0.15) is 10.8 Å². The van der Waals surface area contributed by atoms with Gasteiger partial charge in [-0.15, -0.1) is 0 Å². The summed E-state index contributed by atoms with van der Waals surface area (Å²) in [7, 11) is 8.00. The van der Waals surface area contributed by atoms with Gasteiger partial charge in [0.25, 0.3) is 17.9 Å². The number of pyridine rings is 1. The number of carbonyl (C=O) groups excluding carboxylic acids is 4. The predicted octanol–water partition coefficient (Wildman–Crippen LogP) is 8.49. The number of rotatable bonds is 22. The van der Waals surface area contributed by atoms with Crippen molar-refractivity contribution in [1.29, 1.82) is 0 Å². The lowest BCUT2D eigenvalue weighted by Gasteiger charge is -2.34. The SMILES string of the molecule is CNC(=O)COc1cc2cc(Nc3nc(N4CCC(C(=O)NCCCCCCCCCC(=O)N5CCC(n6nc(N7CCCc8cc(-c9cnn(C)c9)c(C(F)F)cc87)c7c6CCN(C(=O)NC)C7)CC5)CC4)ncc3Cl)cc(OC)c2n(C)c1=O. The molecular formula is C61H78ClF2N15O7. The first-order chi connectivity index (χ1) is 41.6. The highest BCUT2D eigenvalue weighted by molar-refractivity contribution is 6.33. The van der Waals surface area contributed by atoms with E-state index in [0.29, 0.717) is 134 Å². The molecule has 0 aliphatic carbocycles. The van der Waals surface area contributed by atoms with E-state index in [0.717, 1.165) is 93.1 Å². The number of likely N-dealkylation sites (N-methyl/N-ethyl adjacent to an activating group) is 1. The van der Waals surface area contributed by atoms with E-state index >= 15 is 0 Å². The van der Waals surface area contributed by atoms with Crippen molar-refractivity contribution >= 4 is 75.2 Å². The first kappa shape index (κ1) is 61.1. The van der Waals surface area contributed by atoms with Gasteiger partial charge in [-0.25, -0.2) is 18.6 Å². The van der Waals surface area contributed by atoms with Crippen LogP contribution in [0.4, 0.5) is 42.5 Å². The average molecular weight is 1210 g/mol. The molecule has 0 radical (unpaired) electrons. The number of nitrogens with one attached hydrogen (secondary N) is 4. The highest BCUT2D eigenvalue weighted by Crippen LogP contribution is 2.44. The number of methoxy groups -OCH3 is 1. The Labute approximate surface area is 503 Å². The summed E-state index contributed by atoms with van der Waals surface area (Å²) in [5.41, 5.74) is 5.50. The summed E-state index contributed by atoms with van der Waals surface area (Å²) in [5.74, 6) is 1.77. The standard InChI is InChI=1S/C61H78ClF2N15O7/c1-65-52(80)37-86-51-30-40-28-42(31-50(85-5)54(40)74(4)59(51)83)70-56-47(62)34-68-60(71-56)76-23-16-38(17-24-76)58(82)67-21-12-10-8-6-7-9-11-15-53(81)75-25-18-43(19-26-75)79-48-20-27-77(61(84)66-2)36-46(48)57(72-79)78-22-13-14-39-29-44(41-33-69-73(3)35-41)45(55(63)64)32-49(39)78/h28-35,38,43,55H,6-27,36-37H2,1-5H3,(H,65,80)(H,66,84)(H,67,82)(H,68,70,71). The third kappa shape index (κ3) is 13.6. The summed E-state index contributed by atoms with van der Waals surface area (Å²) in [6.07, 6.45) is 14.7. The zero-order valence-corrected chi connectivity index (χ0v) is 50.5. The molecule has 22 nitrogen and oxygen atoms in total. The number of benzene rings is 2. The lowest BCUT2D eigenvalue weighted by atomic mass is 9.92. The van der Waals surface area contributed by atoms with Crippen LogP contribution in [0.25, 0.3) is 22.0 Å². The lowest BCUT2D eigenvalue weighted by Crippen LogP contribution is -2.42. The number of hydrogen-bond acceptors (Lipinski definition) is 14. The number of unbranched alkanes of at least 4 members (excludes halogenated alkanes) is 6. The zero-order chi connectivity index (χ0) is 60.6. The van der Waals surface area contributed by atoms with Crippen LogP contribution in [0, 0.1) is 5.92 Å². The van der Waals surface area contributed by atoms with Crippen molar-refractivity contribution in [2.75, 3.05) is 88.7 Å². The molecule has 4 aliphatic heterocycles. The topological polar surface area (TPSA) is 231 Å². The van der Waals surface area contributed by atoms with Gasteiger partial charge in [-0.2, -0.15) is 15.2 Å².